The lowest BCUT2D eigenvalue weighted by molar-refractivity contribution is -0.929. The van der Waals surface area contributed by atoms with Crippen LogP contribution in [0.15, 0.2) is 12.2 Å². The lowest BCUT2D eigenvalue weighted by Crippen LogP contribution is -2.51. The summed E-state index contributed by atoms with van der Waals surface area (Å²) in [6.45, 7) is 4.96. The lowest BCUT2D eigenvalue weighted by Gasteiger charge is -2.39. The van der Waals surface area contributed by atoms with E-state index in [0.29, 0.717) is 43.4 Å². The number of carboxylic acid groups (broad SMARTS) is 3. The molecule has 7 nitrogen and oxygen atoms in total. The van der Waals surface area contributed by atoms with Crippen molar-refractivity contribution in [1.29, 1.82) is 0 Å². The molecule has 40 heavy (non-hydrogen) atoms. The average Bonchev–Trinajstić information content (AvgIpc) is 2.89. The number of carbonyl (C=O) groups excluding carboxylic acids is 1. The topological polar surface area (TPSA) is 115 Å². The third-order valence-corrected chi connectivity index (χ3v) is 7.97. The Hall–Kier alpha value is -1.89. The Labute approximate surface area is 245 Å². The van der Waals surface area contributed by atoms with Crippen molar-refractivity contribution in [3.8, 4) is 0 Å². The zero-order chi connectivity index (χ0) is 29.7. The monoisotopic (exact) mass is 567 g/mol. The summed E-state index contributed by atoms with van der Waals surface area (Å²) in [5, 5.41) is 29.1. The molecular weight excluding hydrogens is 506 g/mol. The molecule has 0 fully saturated rings. The standard InChI is InChI=1S/C33H61NO6/c1-2-3-4-5-6-7-8-9-10-11-12-13-14-15-16-17-18-19-20-27-34(28-21-24-31(35)36,29-22-25-32(37)38)30-23-26-33(39)40/h3-4H,2,5-30H2,1H3,(H2-,35,36,37,38,39,40)/b4-3+. The molecule has 0 aromatic rings. The van der Waals surface area contributed by atoms with Gasteiger partial charge in [-0.15, -0.1) is 0 Å². The van der Waals surface area contributed by atoms with E-state index in [0.717, 1.165) is 25.8 Å². The molecular formula is C33H61NO6. The van der Waals surface area contributed by atoms with Crippen LogP contribution in [-0.4, -0.2) is 58.8 Å². The first-order chi connectivity index (χ1) is 19.3. The Morgan fingerprint density at radius 2 is 0.875 bits per heavy atom. The van der Waals surface area contributed by atoms with Crippen molar-refractivity contribution in [2.24, 2.45) is 0 Å². The van der Waals surface area contributed by atoms with E-state index >= 15 is 0 Å². The Kier molecular flexibility index (Phi) is 26.0. The van der Waals surface area contributed by atoms with Gasteiger partial charge in [-0.3, -0.25) is 9.59 Å². The minimum absolute atomic E-state index is 0.0188. The van der Waals surface area contributed by atoms with Gasteiger partial charge in [-0.1, -0.05) is 96.1 Å². The molecule has 234 valence electrons. The summed E-state index contributed by atoms with van der Waals surface area (Å²) in [6.07, 6.45) is 28.0. The minimum atomic E-state index is -1.07. The second-order valence-corrected chi connectivity index (χ2v) is 11.7. The Bertz CT molecular complexity index is 613. The van der Waals surface area contributed by atoms with Crippen LogP contribution in [0, 0.1) is 0 Å². The maximum Gasteiger partial charge on any atom is 0.303 e. The van der Waals surface area contributed by atoms with Crippen LogP contribution in [0.3, 0.4) is 0 Å². The molecule has 0 aliphatic carbocycles. The van der Waals surface area contributed by atoms with Crippen molar-refractivity contribution in [3.05, 3.63) is 12.2 Å². The van der Waals surface area contributed by atoms with Gasteiger partial charge in [0.1, 0.15) is 0 Å². The molecule has 0 aromatic carbocycles. The molecule has 0 spiro atoms. The van der Waals surface area contributed by atoms with E-state index in [9.17, 15) is 19.5 Å². The van der Waals surface area contributed by atoms with E-state index < -0.39 is 17.9 Å². The molecule has 0 amide bonds. The fraction of sp³-hybridized carbons (Fsp3) is 0.848. The minimum Gasteiger partial charge on any atom is -0.550 e. The van der Waals surface area contributed by atoms with E-state index in [-0.39, 0.29) is 19.3 Å². The van der Waals surface area contributed by atoms with E-state index in [2.05, 4.69) is 19.1 Å². The first kappa shape index (κ1) is 38.1. The number of quaternary nitrogens is 1. The Morgan fingerprint density at radius 1 is 0.525 bits per heavy atom. The number of rotatable bonds is 31. The number of aliphatic carboxylic acids is 3. The van der Waals surface area contributed by atoms with Crippen molar-refractivity contribution in [3.63, 3.8) is 0 Å². The summed E-state index contributed by atoms with van der Waals surface area (Å²) < 4.78 is 0.615. The van der Waals surface area contributed by atoms with E-state index in [4.69, 9.17) is 10.2 Å². The van der Waals surface area contributed by atoms with Crippen LogP contribution in [0.1, 0.15) is 155 Å². The molecule has 0 heterocycles. The summed E-state index contributed by atoms with van der Waals surface area (Å²) in [4.78, 5) is 33.1. The van der Waals surface area contributed by atoms with Gasteiger partial charge in [-0.2, -0.15) is 0 Å². The van der Waals surface area contributed by atoms with Crippen molar-refractivity contribution in [2.75, 3.05) is 26.2 Å². The van der Waals surface area contributed by atoms with Crippen molar-refractivity contribution in [2.45, 2.75) is 155 Å². The maximum absolute atomic E-state index is 11.1. The first-order valence-corrected chi connectivity index (χ1v) is 16.4. The third-order valence-electron chi connectivity index (χ3n) is 7.97. The zero-order valence-electron chi connectivity index (χ0n) is 25.7. The van der Waals surface area contributed by atoms with Gasteiger partial charge in [0.05, 0.1) is 39.0 Å². The smallest absolute Gasteiger partial charge is 0.303 e. The van der Waals surface area contributed by atoms with Crippen LogP contribution in [0.4, 0.5) is 0 Å². The highest BCUT2D eigenvalue weighted by atomic mass is 16.4. The molecule has 0 saturated carbocycles. The summed E-state index contributed by atoms with van der Waals surface area (Å²) in [6, 6.07) is 0. The molecule has 0 radical (unpaired) electrons. The number of carboxylic acids is 3. The average molecular weight is 568 g/mol. The van der Waals surface area contributed by atoms with Crippen LogP contribution in [0.5, 0.6) is 0 Å². The predicted octanol–water partition coefficient (Wildman–Crippen LogP) is 7.27. The van der Waals surface area contributed by atoms with Crippen molar-refractivity contribution >= 4 is 17.9 Å². The SMILES string of the molecule is CC/C=C/CCCCCCCCCCCCCCCCC[N+](CCCC(=O)[O-])(CCCC(=O)O)CCCC(=O)O. The number of hydrogen-bond donors (Lipinski definition) is 2. The van der Waals surface area contributed by atoms with E-state index in [1.165, 1.54) is 89.9 Å². The summed E-state index contributed by atoms with van der Waals surface area (Å²) in [5.74, 6) is -2.74. The van der Waals surface area contributed by atoms with Gasteiger partial charge in [-0.05, 0) is 38.5 Å². The summed E-state index contributed by atoms with van der Waals surface area (Å²) >= 11 is 0. The van der Waals surface area contributed by atoms with Gasteiger partial charge in [0.15, 0.2) is 0 Å². The highest BCUT2D eigenvalue weighted by molar-refractivity contribution is 5.66. The van der Waals surface area contributed by atoms with Gasteiger partial charge in [0, 0.05) is 25.2 Å². The number of carbonyl (C=O) groups is 3. The molecule has 0 atom stereocenters. The first-order valence-electron chi connectivity index (χ1n) is 16.4. The van der Waals surface area contributed by atoms with E-state index in [1.807, 2.05) is 0 Å². The van der Waals surface area contributed by atoms with Gasteiger partial charge in [-0.25, -0.2) is 0 Å². The molecule has 0 aliphatic rings. The van der Waals surface area contributed by atoms with Crippen LogP contribution < -0.4 is 5.11 Å². The second-order valence-electron chi connectivity index (χ2n) is 11.7. The molecule has 0 unspecified atom stereocenters. The Balaban J connectivity index is 4.10. The molecule has 2 N–H and O–H groups in total. The molecule has 0 aliphatic heterocycles. The van der Waals surface area contributed by atoms with Crippen LogP contribution in [0.25, 0.3) is 0 Å². The fourth-order valence-electron chi connectivity index (χ4n) is 5.65. The number of nitrogens with zero attached hydrogens (tertiary/aromatic N) is 1. The number of unbranched alkanes of at least 4 members (excludes halogenated alkanes) is 15. The maximum atomic E-state index is 11.1. The van der Waals surface area contributed by atoms with Gasteiger partial charge >= 0.3 is 11.9 Å². The molecule has 0 bridgehead atoms. The fourth-order valence-corrected chi connectivity index (χ4v) is 5.65. The van der Waals surface area contributed by atoms with Gasteiger partial charge in [0.2, 0.25) is 0 Å². The zero-order valence-corrected chi connectivity index (χ0v) is 25.7. The molecule has 0 aromatic heterocycles. The number of hydrogen-bond acceptors (Lipinski definition) is 4. The molecule has 0 saturated heterocycles. The second kappa shape index (κ2) is 27.3. The third kappa shape index (κ3) is 26.3. The highest BCUT2D eigenvalue weighted by Crippen LogP contribution is 2.19. The largest absolute Gasteiger partial charge is 0.550 e. The molecule has 7 heteroatoms. The predicted molar refractivity (Wildman–Crippen MR) is 161 cm³/mol. The van der Waals surface area contributed by atoms with E-state index in [1.54, 1.807) is 0 Å². The van der Waals surface area contributed by atoms with Crippen LogP contribution in [-0.2, 0) is 14.4 Å². The normalized spacial score (nSPS) is 11.8. The van der Waals surface area contributed by atoms with Gasteiger partial charge < -0.3 is 24.6 Å². The molecule has 0 rings (SSSR count). The van der Waals surface area contributed by atoms with Crippen molar-refractivity contribution < 1.29 is 34.2 Å². The summed E-state index contributed by atoms with van der Waals surface area (Å²) in [7, 11) is 0. The quantitative estimate of drug-likeness (QED) is 0.0517. The van der Waals surface area contributed by atoms with Crippen LogP contribution in [0.2, 0.25) is 0 Å². The van der Waals surface area contributed by atoms with Crippen molar-refractivity contribution in [1.82, 2.24) is 0 Å². The Morgan fingerprint density at radius 3 is 1.25 bits per heavy atom. The lowest BCUT2D eigenvalue weighted by atomic mass is 10.0. The van der Waals surface area contributed by atoms with Crippen LogP contribution >= 0.6 is 0 Å². The highest BCUT2D eigenvalue weighted by Gasteiger charge is 2.26. The number of allylic oxidation sites excluding steroid dienone is 2. The van der Waals surface area contributed by atoms with Gasteiger partial charge in [0.25, 0.3) is 0 Å². The summed E-state index contributed by atoms with van der Waals surface area (Å²) in [5.41, 5.74) is 0.